The molecule has 1 atom stereocenters. The van der Waals surface area contributed by atoms with Crippen molar-refractivity contribution < 1.29 is 14.3 Å². The Morgan fingerprint density at radius 1 is 1.35 bits per heavy atom. The van der Waals surface area contributed by atoms with E-state index in [-0.39, 0.29) is 11.9 Å². The van der Waals surface area contributed by atoms with Gasteiger partial charge in [0, 0.05) is 16.3 Å². The summed E-state index contributed by atoms with van der Waals surface area (Å²) in [7, 11) is 1.35. The first-order valence-electron chi connectivity index (χ1n) is 6.58. The van der Waals surface area contributed by atoms with Gasteiger partial charge < -0.3 is 9.47 Å². The Labute approximate surface area is 134 Å². The molecule has 0 bridgehead atoms. The van der Waals surface area contributed by atoms with Gasteiger partial charge in [0.15, 0.2) is 6.10 Å². The second kappa shape index (κ2) is 10.1. The van der Waals surface area contributed by atoms with E-state index in [1.807, 2.05) is 33.8 Å². The lowest BCUT2D eigenvalue weighted by molar-refractivity contribution is -0.150. The van der Waals surface area contributed by atoms with Crippen molar-refractivity contribution in [1.82, 2.24) is 0 Å². The van der Waals surface area contributed by atoms with Gasteiger partial charge in [0.1, 0.15) is 5.75 Å². The fourth-order valence-electron chi connectivity index (χ4n) is 1.45. The SMILES string of the molecule is CC.COC(=O)C(Oc1ccc(Cl)c(CBr)c1)C(C)C. The molecular formula is C15H22BrClO3. The molecule has 1 aromatic rings. The Balaban J connectivity index is 0.00000172. The zero-order valence-corrected chi connectivity index (χ0v) is 14.9. The largest absolute Gasteiger partial charge is 0.478 e. The maximum Gasteiger partial charge on any atom is 0.347 e. The zero-order valence-electron chi connectivity index (χ0n) is 12.6. The van der Waals surface area contributed by atoms with Crippen LogP contribution < -0.4 is 4.74 Å². The molecule has 1 aromatic carbocycles. The van der Waals surface area contributed by atoms with Crippen LogP contribution in [-0.4, -0.2) is 19.2 Å². The topological polar surface area (TPSA) is 35.5 Å². The lowest BCUT2D eigenvalue weighted by atomic mass is 10.1. The quantitative estimate of drug-likeness (QED) is 0.553. The van der Waals surface area contributed by atoms with Gasteiger partial charge in [0.05, 0.1) is 7.11 Å². The summed E-state index contributed by atoms with van der Waals surface area (Å²) < 4.78 is 10.4. The molecule has 0 fully saturated rings. The highest BCUT2D eigenvalue weighted by Gasteiger charge is 2.25. The van der Waals surface area contributed by atoms with Gasteiger partial charge in [-0.3, -0.25) is 0 Å². The van der Waals surface area contributed by atoms with Gasteiger partial charge in [-0.1, -0.05) is 55.2 Å². The molecule has 0 heterocycles. The molecule has 20 heavy (non-hydrogen) atoms. The molecule has 3 nitrogen and oxygen atoms in total. The molecule has 0 amide bonds. The third-order valence-corrected chi connectivity index (χ3v) is 3.44. The van der Waals surface area contributed by atoms with E-state index in [4.69, 9.17) is 21.1 Å². The summed E-state index contributed by atoms with van der Waals surface area (Å²) >= 11 is 9.36. The van der Waals surface area contributed by atoms with Gasteiger partial charge in [0.2, 0.25) is 0 Å². The van der Waals surface area contributed by atoms with E-state index < -0.39 is 6.10 Å². The first-order valence-corrected chi connectivity index (χ1v) is 8.08. The molecular weight excluding hydrogens is 344 g/mol. The van der Waals surface area contributed by atoms with Gasteiger partial charge in [0.25, 0.3) is 0 Å². The number of hydrogen-bond donors (Lipinski definition) is 0. The molecule has 0 aromatic heterocycles. The van der Waals surface area contributed by atoms with Gasteiger partial charge in [-0.2, -0.15) is 0 Å². The van der Waals surface area contributed by atoms with Crippen molar-refractivity contribution in [3.05, 3.63) is 28.8 Å². The molecule has 0 spiro atoms. The van der Waals surface area contributed by atoms with Crippen LogP contribution in [0.15, 0.2) is 18.2 Å². The number of halogens is 2. The highest BCUT2D eigenvalue weighted by atomic mass is 79.9. The Morgan fingerprint density at radius 2 is 1.95 bits per heavy atom. The van der Waals surface area contributed by atoms with Gasteiger partial charge >= 0.3 is 5.97 Å². The van der Waals surface area contributed by atoms with E-state index >= 15 is 0 Å². The Hall–Kier alpha value is -0.740. The first-order chi connectivity index (χ1) is 9.49. The van der Waals surface area contributed by atoms with Crippen LogP contribution >= 0.6 is 27.5 Å². The van der Waals surface area contributed by atoms with Crippen LogP contribution in [0, 0.1) is 5.92 Å². The van der Waals surface area contributed by atoms with Crippen LogP contribution in [-0.2, 0) is 14.9 Å². The zero-order chi connectivity index (χ0) is 15.7. The van der Waals surface area contributed by atoms with Crippen molar-refractivity contribution in [2.45, 2.75) is 39.1 Å². The van der Waals surface area contributed by atoms with Crippen molar-refractivity contribution in [2.75, 3.05) is 7.11 Å². The number of carbonyl (C=O) groups is 1. The first kappa shape index (κ1) is 19.3. The molecule has 0 aliphatic heterocycles. The predicted octanol–water partition coefficient (Wildman–Crippen LogP) is 4.84. The van der Waals surface area contributed by atoms with Gasteiger partial charge in [-0.25, -0.2) is 4.79 Å². The van der Waals surface area contributed by atoms with Crippen LogP contribution in [0.5, 0.6) is 5.75 Å². The number of alkyl halides is 1. The molecule has 5 heteroatoms. The Morgan fingerprint density at radius 3 is 2.40 bits per heavy atom. The minimum atomic E-state index is -0.612. The van der Waals surface area contributed by atoms with E-state index in [0.29, 0.717) is 16.1 Å². The smallest absolute Gasteiger partial charge is 0.347 e. The number of carbonyl (C=O) groups excluding carboxylic acids is 1. The summed E-state index contributed by atoms with van der Waals surface area (Å²) in [5, 5.41) is 1.30. The molecule has 1 rings (SSSR count). The molecule has 0 saturated carbocycles. The maximum atomic E-state index is 11.6. The third kappa shape index (κ3) is 5.71. The third-order valence-electron chi connectivity index (χ3n) is 2.46. The minimum absolute atomic E-state index is 0.0283. The summed E-state index contributed by atoms with van der Waals surface area (Å²) in [5.41, 5.74) is 0.918. The number of rotatable bonds is 5. The summed E-state index contributed by atoms with van der Waals surface area (Å²) in [5.74, 6) is 0.263. The number of benzene rings is 1. The number of esters is 1. The molecule has 0 aliphatic carbocycles. The molecule has 114 valence electrons. The number of ether oxygens (including phenoxy) is 2. The lowest BCUT2D eigenvalue weighted by Crippen LogP contribution is -2.33. The standard InChI is InChI=1S/C13H16BrClO3.C2H6/c1-8(2)12(13(16)17-3)18-10-4-5-11(15)9(6-10)7-14;1-2/h4-6,8,12H,7H2,1-3H3;1-2H3. The molecule has 0 radical (unpaired) electrons. The van der Waals surface area contributed by atoms with Crippen LogP contribution in [0.4, 0.5) is 0 Å². The van der Waals surface area contributed by atoms with Crippen molar-refractivity contribution >= 4 is 33.5 Å². The molecule has 0 N–H and O–H groups in total. The Bertz CT molecular complexity index is 422. The van der Waals surface area contributed by atoms with Crippen molar-refractivity contribution in [1.29, 1.82) is 0 Å². The van der Waals surface area contributed by atoms with Crippen molar-refractivity contribution in [3.63, 3.8) is 0 Å². The van der Waals surface area contributed by atoms with Gasteiger partial charge in [-0.05, 0) is 23.8 Å². The van der Waals surface area contributed by atoms with Crippen LogP contribution in [0.25, 0.3) is 0 Å². The van der Waals surface area contributed by atoms with E-state index in [1.54, 1.807) is 12.1 Å². The maximum absolute atomic E-state index is 11.6. The predicted molar refractivity (Wildman–Crippen MR) is 86.7 cm³/mol. The van der Waals surface area contributed by atoms with Gasteiger partial charge in [-0.15, -0.1) is 0 Å². The van der Waals surface area contributed by atoms with Crippen LogP contribution in [0.3, 0.4) is 0 Å². The normalized spacial score (nSPS) is 11.4. The van der Waals surface area contributed by atoms with E-state index in [2.05, 4.69) is 15.9 Å². The van der Waals surface area contributed by atoms with E-state index in [9.17, 15) is 4.79 Å². The highest BCUT2D eigenvalue weighted by molar-refractivity contribution is 9.08. The second-order valence-electron chi connectivity index (χ2n) is 4.19. The summed E-state index contributed by atoms with van der Waals surface area (Å²) in [6, 6.07) is 5.31. The number of methoxy groups -OCH3 is 1. The van der Waals surface area contributed by atoms with Crippen LogP contribution in [0.1, 0.15) is 33.3 Å². The monoisotopic (exact) mass is 364 g/mol. The summed E-state index contributed by atoms with van der Waals surface area (Å²) in [6.07, 6.45) is -0.612. The second-order valence-corrected chi connectivity index (χ2v) is 5.16. The number of hydrogen-bond acceptors (Lipinski definition) is 3. The Kier molecular flexibility index (Phi) is 9.68. The van der Waals surface area contributed by atoms with Crippen LogP contribution in [0.2, 0.25) is 5.02 Å². The lowest BCUT2D eigenvalue weighted by Gasteiger charge is -2.20. The summed E-state index contributed by atoms with van der Waals surface area (Å²) in [4.78, 5) is 11.6. The average molecular weight is 366 g/mol. The molecule has 1 unspecified atom stereocenters. The fraction of sp³-hybridized carbons (Fsp3) is 0.533. The summed E-state index contributed by atoms with van der Waals surface area (Å²) in [6.45, 7) is 7.81. The van der Waals surface area contributed by atoms with Crippen molar-refractivity contribution in [3.8, 4) is 5.75 Å². The minimum Gasteiger partial charge on any atom is -0.478 e. The van der Waals surface area contributed by atoms with E-state index in [1.165, 1.54) is 7.11 Å². The molecule has 0 saturated heterocycles. The average Bonchev–Trinajstić information content (AvgIpc) is 2.47. The molecule has 0 aliphatic rings. The van der Waals surface area contributed by atoms with Crippen molar-refractivity contribution in [2.24, 2.45) is 5.92 Å². The fourth-order valence-corrected chi connectivity index (χ4v) is 2.26. The highest BCUT2D eigenvalue weighted by Crippen LogP contribution is 2.25. The van der Waals surface area contributed by atoms with E-state index in [0.717, 1.165) is 5.56 Å².